The third kappa shape index (κ3) is 3.73. The third-order valence-electron chi connectivity index (χ3n) is 5.52. The molecule has 3 aromatic rings. The minimum Gasteiger partial charge on any atom is -0.459 e. The molecule has 2 aromatic carbocycles. The van der Waals surface area contributed by atoms with Crippen molar-refractivity contribution in [2.75, 3.05) is 0 Å². The van der Waals surface area contributed by atoms with Crippen LogP contribution in [0.4, 0.5) is 0 Å². The number of ether oxygens (including phenoxy) is 1. The number of esters is 1. The summed E-state index contributed by atoms with van der Waals surface area (Å²) in [5, 5.41) is 2.49. The average Bonchev–Trinajstić information content (AvgIpc) is 2.92. The first-order chi connectivity index (χ1) is 15.3. The summed E-state index contributed by atoms with van der Waals surface area (Å²) in [5.74, 6) is -2.14. The maximum Gasteiger partial charge on any atom is 0.342 e. The van der Waals surface area contributed by atoms with Gasteiger partial charge in [-0.3, -0.25) is 24.3 Å². The van der Waals surface area contributed by atoms with Crippen molar-refractivity contribution in [2.24, 2.45) is 0 Å². The van der Waals surface area contributed by atoms with E-state index in [9.17, 15) is 19.2 Å². The quantitative estimate of drug-likeness (QED) is 0.337. The maximum atomic E-state index is 13.6. The highest BCUT2D eigenvalue weighted by molar-refractivity contribution is 9.10. The third-order valence-corrected chi connectivity index (χ3v) is 6.16. The van der Waals surface area contributed by atoms with Gasteiger partial charge in [-0.1, -0.05) is 36.4 Å². The van der Waals surface area contributed by atoms with E-state index in [4.69, 9.17) is 4.74 Å². The molecule has 8 nitrogen and oxygen atoms in total. The van der Waals surface area contributed by atoms with Crippen LogP contribution in [0.1, 0.15) is 30.7 Å². The molecule has 1 saturated heterocycles. The highest BCUT2D eigenvalue weighted by Crippen LogP contribution is 2.30. The van der Waals surface area contributed by atoms with Crippen LogP contribution in [0.25, 0.3) is 10.9 Å². The lowest BCUT2D eigenvalue weighted by Crippen LogP contribution is -2.58. The van der Waals surface area contributed by atoms with Gasteiger partial charge in [0, 0.05) is 10.9 Å². The lowest BCUT2D eigenvalue weighted by atomic mass is 9.91. The monoisotopic (exact) mass is 497 g/mol. The smallest absolute Gasteiger partial charge is 0.342 e. The molecule has 0 aliphatic carbocycles. The van der Waals surface area contributed by atoms with E-state index in [0.29, 0.717) is 9.99 Å². The fraction of sp³-hybridized carbons (Fsp3) is 0.261. The summed E-state index contributed by atoms with van der Waals surface area (Å²) >= 11 is 3.38. The van der Waals surface area contributed by atoms with Crippen LogP contribution >= 0.6 is 15.9 Å². The van der Waals surface area contributed by atoms with Gasteiger partial charge in [0.2, 0.25) is 11.4 Å². The van der Waals surface area contributed by atoms with Crippen LogP contribution in [0.3, 0.4) is 0 Å². The Morgan fingerprint density at radius 1 is 1.16 bits per heavy atom. The number of carbonyl (C=O) groups excluding carboxylic acids is 3. The van der Waals surface area contributed by atoms with Crippen LogP contribution in [0, 0.1) is 6.92 Å². The first-order valence-corrected chi connectivity index (χ1v) is 10.9. The van der Waals surface area contributed by atoms with Crippen LogP contribution < -0.4 is 10.9 Å². The molecule has 9 heteroatoms. The van der Waals surface area contributed by atoms with E-state index in [-0.39, 0.29) is 37.1 Å². The summed E-state index contributed by atoms with van der Waals surface area (Å²) in [6.45, 7) is 1.47. The summed E-state index contributed by atoms with van der Waals surface area (Å²) in [5.41, 5.74) is -1.46. The molecule has 4 rings (SSSR count). The number of imide groups is 1. The summed E-state index contributed by atoms with van der Waals surface area (Å²) in [4.78, 5) is 56.8. The topological polar surface area (TPSA) is 107 Å². The highest BCUT2D eigenvalue weighted by atomic mass is 79.9. The number of nitrogens with one attached hydrogen (secondary N) is 1. The number of hydrogen-bond acceptors (Lipinski definition) is 6. The number of aryl methyl sites for hydroxylation is 1. The molecule has 0 saturated carbocycles. The van der Waals surface area contributed by atoms with Crippen LogP contribution in [0.15, 0.2) is 57.8 Å². The zero-order valence-corrected chi connectivity index (χ0v) is 18.8. The van der Waals surface area contributed by atoms with E-state index in [2.05, 4.69) is 26.2 Å². The number of amides is 2. The fourth-order valence-electron chi connectivity index (χ4n) is 3.98. The van der Waals surface area contributed by atoms with Crippen molar-refractivity contribution < 1.29 is 19.1 Å². The molecule has 1 aliphatic heterocycles. The van der Waals surface area contributed by atoms with Crippen LogP contribution in [-0.4, -0.2) is 27.3 Å². The molecule has 0 spiro atoms. The van der Waals surface area contributed by atoms with E-state index in [1.165, 1.54) is 0 Å². The second-order valence-electron chi connectivity index (χ2n) is 7.59. The zero-order chi connectivity index (χ0) is 22.9. The Hall–Kier alpha value is -3.33. The number of hydrogen-bond donors (Lipinski definition) is 1. The Balaban J connectivity index is 1.89. The summed E-state index contributed by atoms with van der Waals surface area (Å²) in [7, 11) is 0. The minimum atomic E-state index is -2.05. The number of benzene rings is 2. The Labute approximate surface area is 191 Å². The highest BCUT2D eigenvalue weighted by Gasteiger charge is 2.52. The molecular weight excluding hydrogens is 478 g/mol. The second kappa shape index (κ2) is 8.66. The van der Waals surface area contributed by atoms with Crippen molar-refractivity contribution in [2.45, 2.75) is 38.3 Å². The Morgan fingerprint density at radius 2 is 1.91 bits per heavy atom. The summed E-state index contributed by atoms with van der Waals surface area (Å²) in [6, 6.07) is 14.0. The number of rotatable bonds is 4. The number of nitrogens with zero attached hydrogens (tertiary/aromatic N) is 2. The first kappa shape index (κ1) is 21.9. The van der Waals surface area contributed by atoms with E-state index >= 15 is 0 Å². The van der Waals surface area contributed by atoms with E-state index in [1.807, 2.05) is 6.07 Å². The molecule has 32 heavy (non-hydrogen) atoms. The molecule has 164 valence electrons. The van der Waals surface area contributed by atoms with Gasteiger partial charge in [0.15, 0.2) is 0 Å². The Bertz CT molecular complexity index is 1290. The lowest BCUT2D eigenvalue weighted by Gasteiger charge is -2.31. The second-order valence-corrected chi connectivity index (χ2v) is 8.44. The van der Waals surface area contributed by atoms with Crippen molar-refractivity contribution in [3.05, 3.63) is 74.7 Å². The minimum absolute atomic E-state index is 0.0554. The van der Waals surface area contributed by atoms with Gasteiger partial charge in [0.05, 0.1) is 10.9 Å². The van der Waals surface area contributed by atoms with Gasteiger partial charge in [-0.2, -0.15) is 0 Å². The summed E-state index contributed by atoms with van der Waals surface area (Å²) < 4.78 is 7.21. The number of halogens is 1. The molecular formula is C23H20BrN3O5. The predicted molar refractivity (Wildman–Crippen MR) is 120 cm³/mol. The predicted octanol–water partition coefficient (Wildman–Crippen LogP) is 2.73. The van der Waals surface area contributed by atoms with Gasteiger partial charge < -0.3 is 4.74 Å². The standard InChI is InChI=1S/C23H20BrN3O5/c1-14-25-19-16(9-5-10-17(19)24)20(29)27(14)23(12-6-11-18(28)26-21(23)30)22(31)32-13-15-7-3-2-4-8-15/h2-5,7-10H,6,11-13H2,1H3,(H,26,28,30). The van der Waals surface area contributed by atoms with Gasteiger partial charge in [-0.15, -0.1) is 0 Å². The van der Waals surface area contributed by atoms with Gasteiger partial charge in [-0.05, 0) is 53.4 Å². The van der Waals surface area contributed by atoms with Gasteiger partial charge >= 0.3 is 5.97 Å². The molecule has 2 heterocycles. The molecule has 1 aliphatic rings. The van der Waals surface area contributed by atoms with Crippen molar-refractivity contribution in [1.82, 2.24) is 14.9 Å². The normalized spacial score (nSPS) is 18.8. The molecule has 0 bridgehead atoms. The van der Waals surface area contributed by atoms with Crippen molar-refractivity contribution >= 4 is 44.6 Å². The fourth-order valence-corrected chi connectivity index (χ4v) is 4.44. The number of fused-ring (bicyclic) bond motifs is 1. The number of carbonyl (C=O) groups is 3. The lowest BCUT2D eigenvalue weighted by molar-refractivity contribution is -0.161. The first-order valence-electron chi connectivity index (χ1n) is 10.1. The molecule has 1 unspecified atom stereocenters. The molecule has 1 atom stereocenters. The number of para-hydroxylation sites is 1. The van der Waals surface area contributed by atoms with E-state index in [1.54, 1.807) is 49.4 Å². The van der Waals surface area contributed by atoms with Crippen molar-refractivity contribution in [3.63, 3.8) is 0 Å². The summed E-state index contributed by atoms with van der Waals surface area (Å²) in [6.07, 6.45) is 0.209. The SMILES string of the molecule is Cc1nc2c(Br)cccc2c(=O)n1C1(C(=O)OCc2ccccc2)CCCC(=O)NC1=O. The van der Waals surface area contributed by atoms with E-state index < -0.39 is 28.9 Å². The zero-order valence-electron chi connectivity index (χ0n) is 17.3. The molecule has 1 fully saturated rings. The van der Waals surface area contributed by atoms with Crippen LogP contribution in [0.2, 0.25) is 0 Å². The largest absolute Gasteiger partial charge is 0.459 e. The Morgan fingerprint density at radius 3 is 2.66 bits per heavy atom. The molecule has 0 radical (unpaired) electrons. The van der Waals surface area contributed by atoms with Crippen molar-refractivity contribution in [1.29, 1.82) is 0 Å². The molecule has 1 aromatic heterocycles. The maximum absolute atomic E-state index is 13.6. The van der Waals surface area contributed by atoms with Crippen molar-refractivity contribution in [3.8, 4) is 0 Å². The molecule has 2 amide bonds. The van der Waals surface area contributed by atoms with Crippen LogP contribution in [-0.2, 0) is 31.3 Å². The molecule has 1 N–H and O–H groups in total. The van der Waals surface area contributed by atoms with Gasteiger partial charge in [0.1, 0.15) is 12.4 Å². The van der Waals surface area contributed by atoms with Gasteiger partial charge in [0.25, 0.3) is 11.5 Å². The van der Waals surface area contributed by atoms with Crippen LogP contribution in [0.5, 0.6) is 0 Å². The van der Waals surface area contributed by atoms with E-state index in [0.717, 1.165) is 10.1 Å². The Kier molecular flexibility index (Phi) is 5.92. The van der Waals surface area contributed by atoms with Gasteiger partial charge in [-0.25, -0.2) is 9.78 Å². The number of aromatic nitrogens is 2. The average molecular weight is 498 g/mol.